The number of H-pyrrole nitrogens is 1. The molecule has 170 valence electrons. The van der Waals surface area contributed by atoms with Crippen LogP contribution in [0.25, 0.3) is 10.9 Å². The Labute approximate surface area is 189 Å². The molecule has 0 aliphatic carbocycles. The zero-order valence-electron chi connectivity index (χ0n) is 19.4. The predicted molar refractivity (Wildman–Crippen MR) is 131 cm³/mol. The van der Waals surface area contributed by atoms with Crippen LogP contribution in [-0.4, -0.2) is 57.9 Å². The van der Waals surface area contributed by atoms with Gasteiger partial charge in [-0.15, -0.1) is 0 Å². The van der Waals surface area contributed by atoms with Gasteiger partial charge in [-0.3, -0.25) is 4.99 Å². The summed E-state index contributed by atoms with van der Waals surface area (Å²) in [5.74, 6) is 2.46. The molecule has 1 aromatic heterocycles. The average Bonchev–Trinajstić information content (AvgIpc) is 3.46. The van der Waals surface area contributed by atoms with Crippen molar-refractivity contribution >= 4 is 22.5 Å². The second-order valence-corrected chi connectivity index (χ2v) is 8.21. The van der Waals surface area contributed by atoms with Gasteiger partial charge in [0.2, 0.25) is 0 Å². The monoisotopic (exact) mass is 435 g/mol. The topological polar surface area (TPSA) is 73.9 Å². The molecule has 0 amide bonds. The number of anilines is 1. The van der Waals surface area contributed by atoms with Crippen LogP contribution in [0, 0.1) is 6.92 Å². The van der Waals surface area contributed by atoms with Crippen molar-refractivity contribution in [1.82, 2.24) is 15.6 Å². The molecule has 32 heavy (non-hydrogen) atoms. The van der Waals surface area contributed by atoms with E-state index in [4.69, 9.17) is 9.47 Å². The minimum atomic E-state index is 0.328. The molecule has 0 spiro atoms. The van der Waals surface area contributed by atoms with Crippen LogP contribution in [0.5, 0.6) is 11.5 Å². The van der Waals surface area contributed by atoms with Crippen LogP contribution in [0.4, 0.5) is 5.69 Å². The molecule has 0 saturated carbocycles. The number of aromatic amines is 1. The Bertz CT molecular complexity index is 1070. The van der Waals surface area contributed by atoms with E-state index in [0.29, 0.717) is 6.04 Å². The van der Waals surface area contributed by atoms with Gasteiger partial charge in [0.05, 0.1) is 14.2 Å². The maximum absolute atomic E-state index is 5.42. The minimum absolute atomic E-state index is 0.328. The Kier molecular flexibility index (Phi) is 6.73. The van der Waals surface area contributed by atoms with Crippen molar-refractivity contribution in [3.8, 4) is 11.5 Å². The molecule has 1 unspecified atom stereocenters. The van der Waals surface area contributed by atoms with Crippen molar-refractivity contribution in [2.45, 2.75) is 25.8 Å². The quantitative estimate of drug-likeness (QED) is 0.391. The van der Waals surface area contributed by atoms with Gasteiger partial charge in [-0.2, -0.15) is 0 Å². The van der Waals surface area contributed by atoms with Crippen LogP contribution in [0.2, 0.25) is 0 Å². The summed E-state index contributed by atoms with van der Waals surface area (Å²) in [5.41, 5.74) is 4.94. The summed E-state index contributed by atoms with van der Waals surface area (Å²) in [5, 5.41) is 8.35. The van der Waals surface area contributed by atoms with Crippen LogP contribution in [0.1, 0.15) is 17.5 Å². The molecule has 1 aliphatic heterocycles. The van der Waals surface area contributed by atoms with Gasteiger partial charge in [0.15, 0.2) is 5.96 Å². The highest BCUT2D eigenvalue weighted by atomic mass is 16.5. The van der Waals surface area contributed by atoms with Gasteiger partial charge in [0, 0.05) is 73.7 Å². The van der Waals surface area contributed by atoms with E-state index in [9.17, 15) is 0 Å². The normalized spacial score (nSPS) is 16.4. The summed E-state index contributed by atoms with van der Waals surface area (Å²) in [7, 11) is 5.18. The van der Waals surface area contributed by atoms with Gasteiger partial charge >= 0.3 is 0 Å². The fraction of sp³-hybridized carbons (Fsp3) is 0.400. The minimum Gasteiger partial charge on any atom is -0.497 e. The first-order chi connectivity index (χ1) is 15.6. The molecule has 7 nitrogen and oxygen atoms in total. The number of nitrogens with zero attached hydrogens (tertiary/aromatic N) is 2. The number of guanidine groups is 1. The van der Waals surface area contributed by atoms with Gasteiger partial charge in [-0.05, 0) is 30.9 Å². The van der Waals surface area contributed by atoms with Crippen LogP contribution in [0.3, 0.4) is 0 Å². The first-order valence-corrected chi connectivity index (χ1v) is 11.1. The highest BCUT2D eigenvalue weighted by Crippen LogP contribution is 2.30. The van der Waals surface area contributed by atoms with Crippen molar-refractivity contribution in [2.24, 2.45) is 4.99 Å². The molecular weight excluding hydrogens is 402 g/mol. The molecule has 3 aromatic rings. The van der Waals surface area contributed by atoms with E-state index in [1.165, 1.54) is 22.0 Å². The number of para-hydroxylation sites is 1. The van der Waals surface area contributed by atoms with Gasteiger partial charge < -0.3 is 30.0 Å². The molecule has 2 heterocycles. The third-order valence-corrected chi connectivity index (χ3v) is 6.15. The van der Waals surface area contributed by atoms with E-state index < -0.39 is 0 Å². The Morgan fingerprint density at radius 1 is 1.19 bits per heavy atom. The Morgan fingerprint density at radius 2 is 1.97 bits per heavy atom. The molecule has 1 atom stereocenters. The number of aryl methyl sites for hydroxylation is 1. The smallest absolute Gasteiger partial charge is 0.191 e. The van der Waals surface area contributed by atoms with Crippen LogP contribution in [0.15, 0.2) is 47.6 Å². The number of aromatic nitrogens is 1. The molecule has 0 radical (unpaired) electrons. The lowest BCUT2D eigenvalue weighted by molar-refractivity contribution is 0.394. The zero-order chi connectivity index (χ0) is 22.5. The fourth-order valence-corrected chi connectivity index (χ4v) is 4.36. The fourth-order valence-electron chi connectivity index (χ4n) is 4.36. The number of ether oxygens (including phenoxy) is 2. The summed E-state index contributed by atoms with van der Waals surface area (Å²) in [4.78, 5) is 10.2. The third-order valence-electron chi connectivity index (χ3n) is 6.15. The summed E-state index contributed by atoms with van der Waals surface area (Å²) < 4.78 is 10.8. The molecule has 1 fully saturated rings. The zero-order valence-corrected chi connectivity index (χ0v) is 19.4. The van der Waals surface area contributed by atoms with Gasteiger partial charge in [-0.1, -0.05) is 18.2 Å². The molecular formula is C25H33N5O2. The number of hydrogen-bond donors (Lipinski definition) is 3. The SMILES string of the molecule is CN=C(NCCc1c[nH]c2c(C)cccc12)NC1CCN(c2cc(OC)cc(OC)c2)C1. The Hall–Kier alpha value is -3.35. The molecule has 4 rings (SSSR count). The second kappa shape index (κ2) is 9.85. The first kappa shape index (κ1) is 21.9. The van der Waals surface area contributed by atoms with Crippen molar-refractivity contribution in [1.29, 1.82) is 0 Å². The lowest BCUT2D eigenvalue weighted by Gasteiger charge is -2.21. The van der Waals surface area contributed by atoms with E-state index in [2.05, 4.69) is 69.0 Å². The van der Waals surface area contributed by atoms with Crippen molar-refractivity contribution in [2.75, 3.05) is 45.8 Å². The maximum atomic E-state index is 5.42. The number of benzene rings is 2. The van der Waals surface area contributed by atoms with Crippen LogP contribution in [-0.2, 0) is 6.42 Å². The maximum Gasteiger partial charge on any atom is 0.191 e. The highest BCUT2D eigenvalue weighted by molar-refractivity contribution is 5.86. The van der Waals surface area contributed by atoms with E-state index in [1.54, 1.807) is 14.2 Å². The second-order valence-electron chi connectivity index (χ2n) is 8.21. The van der Waals surface area contributed by atoms with Crippen molar-refractivity contribution in [3.63, 3.8) is 0 Å². The van der Waals surface area contributed by atoms with Crippen molar-refractivity contribution in [3.05, 3.63) is 53.7 Å². The molecule has 2 aromatic carbocycles. The van der Waals surface area contributed by atoms with E-state index in [-0.39, 0.29) is 0 Å². The number of nitrogens with one attached hydrogen (secondary N) is 3. The van der Waals surface area contributed by atoms with E-state index >= 15 is 0 Å². The summed E-state index contributed by atoms with van der Waals surface area (Å²) in [6, 6.07) is 12.8. The third kappa shape index (κ3) is 4.77. The first-order valence-electron chi connectivity index (χ1n) is 11.1. The molecule has 1 saturated heterocycles. The summed E-state index contributed by atoms with van der Waals surface area (Å²) in [6.07, 6.45) is 4.10. The molecule has 3 N–H and O–H groups in total. The standard InChI is InChI=1S/C25H33N5O2/c1-17-6-5-7-23-18(15-28-24(17)23)8-10-27-25(26-2)29-19-9-11-30(16-19)20-12-21(31-3)14-22(13-20)32-4/h5-7,12-15,19,28H,8-11,16H2,1-4H3,(H2,26,27,29). The van der Waals surface area contributed by atoms with E-state index in [0.717, 1.165) is 55.6 Å². The van der Waals surface area contributed by atoms with Gasteiger partial charge in [0.25, 0.3) is 0 Å². The Morgan fingerprint density at radius 3 is 2.69 bits per heavy atom. The number of rotatable bonds is 7. The molecule has 7 heteroatoms. The highest BCUT2D eigenvalue weighted by Gasteiger charge is 2.24. The summed E-state index contributed by atoms with van der Waals surface area (Å²) >= 11 is 0. The van der Waals surface area contributed by atoms with Gasteiger partial charge in [0.1, 0.15) is 11.5 Å². The largest absolute Gasteiger partial charge is 0.497 e. The predicted octanol–water partition coefficient (Wildman–Crippen LogP) is 3.48. The van der Waals surface area contributed by atoms with Gasteiger partial charge in [-0.25, -0.2) is 0 Å². The number of hydrogen-bond acceptors (Lipinski definition) is 4. The number of fused-ring (bicyclic) bond motifs is 1. The molecule has 0 bridgehead atoms. The van der Waals surface area contributed by atoms with E-state index in [1.807, 2.05) is 13.1 Å². The van der Waals surface area contributed by atoms with Crippen LogP contribution >= 0.6 is 0 Å². The lowest BCUT2D eigenvalue weighted by Crippen LogP contribution is -2.45. The summed E-state index contributed by atoms with van der Waals surface area (Å²) in [6.45, 7) is 4.83. The molecule has 1 aliphatic rings. The number of methoxy groups -OCH3 is 2. The Balaban J connectivity index is 1.31. The lowest BCUT2D eigenvalue weighted by atomic mass is 10.1. The number of aliphatic imine (C=N–C) groups is 1. The average molecular weight is 436 g/mol. The van der Waals surface area contributed by atoms with Crippen LogP contribution < -0.4 is 25.0 Å². The van der Waals surface area contributed by atoms with Crippen molar-refractivity contribution < 1.29 is 9.47 Å².